The van der Waals surface area contributed by atoms with Crippen LogP contribution in [-0.2, 0) is 24.4 Å². The number of carbonyl (C=O) groups excluding carboxylic acids is 1. The number of hydrogen-bond donors (Lipinski definition) is 1. The summed E-state index contributed by atoms with van der Waals surface area (Å²) in [5.74, 6) is -2.83. The number of carboxylic acid groups (broad SMARTS) is 1. The monoisotopic (exact) mass is 374 g/mol. The van der Waals surface area contributed by atoms with Gasteiger partial charge in [0.05, 0.1) is 6.42 Å². The molecule has 0 saturated carbocycles. The van der Waals surface area contributed by atoms with Gasteiger partial charge in [0, 0.05) is 0 Å². The first-order valence-electron chi connectivity index (χ1n) is 7.88. The summed E-state index contributed by atoms with van der Waals surface area (Å²) in [6.07, 6.45) is 3.06. The van der Waals surface area contributed by atoms with Gasteiger partial charge in [-0.15, -0.1) is 0 Å². The molecule has 1 unspecified atom stereocenters. The Bertz CT molecular complexity index is 514. The van der Waals surface area contributed by atoms with Crippen molar-refractivity contribution >= 4 is 22.1 Å². The number of ether oxygens (including phenoxy) is 1. The molecule has 0 heterocycles. The Hall–Kier alpha value is -0.150. The minimum Gasteiger partial charge on any atom is -0.747 e. The van der Waals surface area contributed by atoms with E-state index in [4.69, 9.17) is 9.84 Å². The maximum Gasteiger partial charge on any atom is 1.00 e. The number of esters is 1. The molecule has 0 spiro atoms. The Morgan fingerprint density at radius 2 is 1.62 bits per heavy atom. The molecule has 0 bridgehead atoms. The zero-order valence-electron chi connectivity index (χ0n) is 15.3. The van der Waals surface area contributed by atoms with E-state index in [1.54, 1.807) is 0 Å². The van der Waals surface area contributed by atoms with Crippen molar-refractivity contribution in [2.45, 2.75) is 83.0 Å². The van der Waals surface area contributed by atoms with Gasteiger partial charge in [0.15, 0.2) is 4.75 Å². The van der Waals surface area contributed by atoms with Gasteiger partial charge in [-0.2, -0.15) is 0 Å². The summed E-state index contributed by atoms with van der Waals surface area (Å²) >= 11 is 0. The van der Waals surface area contributed by atoms with E-state index in [9.17, 15) is 22.6 Å². The third kappa shape index (κ3) is 7.00. The second-order valence-electron chi connectivity index (χ2n) is 5.99. The van der Waals surface area contributed by atoms with Crippen LogP contribution < -0.4 is 29.6 Å². The van der Waals surface area contributed by atoms with Crippen molar-refractivity contribution in [1.82, 2.24) is 0 Å². The molecule has 0 aromatic rings. The van der Waals surface area contributed by atoms with Crippen molar-refractivity contribution < 1.29 is 62.0 Å². The smallest absolute Gasteiger partial charge is 0.747 e. The molecule has 0 radical (unpaired) electrons. The van der Waals surface area contributed by atoms with Crippen molar-refractivity contribution in [3.8, 4) is 0 Å². The number of unbranched alkanes of at least 4 members (excludes halogenated alkanes) is 2. The Morgan fingerprint density at radius 1 is 1.12 bits per heavy atom. The molecule has 0 saturated heterocycles. The van der Waals surface area contributed by atoms with Gasteiger partial charge in [0.1, 0.15) is 15.7 Å². The molecule has 1 atom stereocenters. The molecule has 0 aliphatic rings. The van der Waals surface area contributed by atoms with Crippen LogP contribution in [-0.4, -0.2) is 40.4 Å². The molecule has 9 heteroatoms. The second-order valence-corrected chi connectivity index (χ2v) is 7.80. The number of carboxylic acids is 1. The standard InChI is InChI=1S/C15H28O7S.Na/c1-5-8-9-10-15(6-2,7-3)22-13(18)14(4,11-12(16)17)23(19,20)21;/h5-11H2,1-4H3,(H,16,17)(H,19,20,21);/q;+1/p-1. The van der Waals surface area contributed by atoms with Gasteiger partial charge in [-0.05, 0) is 32.6 Å². The van der Waals surface area contributed by atoms with E-state index in [-0.39, 0.29) is 29.6 Å². The molecule has 0 aromatic carbocycles. The van der Waals surface area contributed by atoms with Gasteiger partial charge in [0.25, 0.3) is 0 Å². The minimum absolute atomic E-state index is 0. The van der Waals surface area contributed by atoms with Crippen LogP contribution in [0.4, 0.5) is 0 Å². The Labute approximate surface area is 166 Å². The van der Waals surface area contributed by atoms with Crippen molar-refractivity contribution in [2.75, 3.05) is 0 Å². The van der Waals surface area contributed by atoms with E-state index >= 15 is 0 Å². The van der Waals surface area contributed by atoms with E-state index in [0.717, 1.165) is 26.2 Å². The van der Waals surface area contributed by atoms with Crippen LogP contribution in [0, 0.1) is 0 Å². The average Bonchev–Trinajstić information content (AvgIpc) is 2.44. The van der Waals surface area contributed by atoms with Gasteiger partial charge >= 0.3 is 41.5 Å². The van der Waals surface area contributed by atoms with Crippen molar-refractivity contribution in [3.05, 3.63) is 0 Å². The van der Waals surface area contributed by atoms with Crippen LogP contribution in [0.3, 0.4) is 0 Å². The van der Waals surface area contributed by atoms with Crippen LogP contribution in [0.15, 0.2) is 0 Å². The molecule has 0 fully saturated rings. The summed E-state index contributed by atoms with van der Waals surface area (Å²) in [5.41, 5.74) is -0.878. The minimum atomic E-state index is -5.18. The second kappa shape index (κ2) is 10.8. The van der Waals surface area contributed by atoms with Crippen molar-refractivity contribution in [2.24, 2.45) is 0 Å². The molecule has 136 valence electrons. The molecule has 7 nitrogen and oxygen atoms in total. The third-order valence-electron chi connectivity index (χ3n) is 4.31. The van der Waals surface area contributed by atoms with Gasteiger partial charge in [-0.1, -0.05) is 33.6 Å². The quantitative estimate of drug-likeness (QED) is 0.223. The number of hydrogen-bond acceptors (Lipinski definition) is 6. The Kier molecular flexibility index (Phi) is 11.7. The largest absolute Gasteiger partial charge is 1.00 e. The number of aliphatic carboxylic acids is 1. The molecule has 0 rings (SSSR count). The van der Waals surface area contributed by atoms with Gasteiger partial charge in [-0.3, -0.25) is 9.59 Å². The molecular formula is C15H27NaO7S. The van der Waals surface area contributed by atoms with Gasteiger partial charge in [0.2, 0.25) is 0 Å². The van der Waals surface area contributed by atoms with Crippen LogP contribution in [0.2, 0.25) is 0 Å². The number of rotatable bonds is 11. The third-order valence-corrected chi connectivity index (χ3v) is 5.72. The Balaban J connectivity index is 0. The SMILES string of the molecule is CCCCCC(CC)(CC)OC(=O)C(C)(CC(=O)O)S(=O)(=O)[O-].[Na+]. The number of carbonyl (C=O) groups is 2. The summed E-state index contributed by atoms with van der Waals surface area (Å²) in [4.78, 5) is 23.2. The fourth-order valence-corrected chi connectivity index (χ4v) is 2.90. The first kappa shape index (κ1) is 26.1. The summed E-state index contributed by atoms with van der Waals surface area (Å²) in [5, 5.41) is 8.84. The predicted molar refractivity (Wildman–Crippen MR) is 83.9 cm³/mol. The maximum atomic E-state index is 12.3. The van der Waals surface area contributed by atoms with Crippen LogP contribution in [0.5, 0.6) is 0 Å². The van der Waals surface area contributed by atoms with Crippen LogP contribution in [0.25, 0.3) is 0 Å². The van der Waals surface area contributed by atoms with E-state index < -0.39 is 38.8 Å². The molecule has 0 amide bonds. The summed E-state index contributed by atoms with van der Waals surface area (Å²) < 4.78 is 37.1. The molecule has 0 aromatic heterocycles. The molecule has 1 N–H and O–H groups in total. The van der Waals surface area contributed by atoms with E-state index in [2.05, 4.69) is 0 Å². The molecule has 24 heavy (non-hydrogen) atoms. The van der Waals surface area contributed by atoms with Gasteiger partial charge < -0.3 is 14.4 Å². The van der Waals surface area contributed by atoms with E-state index in [1.807, 2.05) is 20.8 Å². The fraction of sp³-hybridized carbons (Fsp3) is 0.867. The van der Waals surface area contributed by atoms with E-state index in [1.165, 1.54) is 0 Å². The summed E-state index contributed by atoms with van der Waals surface area (Å²) in [7, 11) is -5.18. The van der Waals surface area contributed by atoms with Crippen molar-refractivity contribution in [3.63, 3.8) is 0 Å². The zero-order valence-corrected chi connectivity index (χ0v) is 18.1. The predicted octanol–water partition coefficient (Wildman–Crippen LogP) is -0.549. The maximum absolute atomic E-state index is 12.3. The topological polar surface area (TPSA) is 121 Å². The Morgan fingerprint density at radius 3 is 1.96 bits per heavy atom. The van der Waals surface area contributed by atoms with Crippen LogP contribution in [0.1, 0.15) is 72.6 Å². The first-order chi connectivity index (χ1) is 10.5. The van der Waals surface area contributed by atoms with Crippen LogP contribution >= 0.6 is 0 Å². The van der Waals surface area contributed by atoms with Gasteiger partial charge in [-0.25, -0.2) is 8.42 Å². The fourth-order valence-electron chi connectivity index (χ4n) is 2.35. The van der Waals surface area contributed by atoms with Crippen molar-refractivity contribution in [1.29, 1.82) is 0 Å². The summed E-state index contributed by atoms with van der Waals surface area (Å²) in [6.45, 7) is 6.46. The zero-order chi connectivity index (χ0) is 18.3. The summed E-state index contributed by atoms with van der Waals surface area (Å²) in [6, 6.07) is 0. The first-order valence-corrected chi connectivity index (χ1v) is 9.29. The average molecular weight is 374 g/mol. The normalized spacial score (nSPS) is 14.4. The molecule has 0 aliphatic carbocycles. The molecule has 0 aliphatic heterocycles. The van der Waals surface area contributed by atoms with E-state index in [0.29, 0.717) is 19.3 Å². The molecular weight excluding hydrogens is 347 g/mol.